The van der Waals surface area contributed by atoms with Crippen LogP contribution in [0.2, 0.25) is 0 Å². The Morgan fingerprint density at radius 2 is 1.86 bits per heavy atom. The highest BCUT2D eigenvalue weighted by molar-refractivity contribution is 7.09. The van der Waals surface area contributed by atoms with E-state index < -0.39 is 17.5 Å². The average molecular weight is 419 g/mol. The third-order valence-corrected chi connectivity index (χ3v) is 6.76. The van der Waals surface area contributed by atoms with Crippen molar-refractivity contribution in [3.05, 3.63) is 52.0 Å². The highest BCUT2D eigenvalue weighted by Gasteiger charge is 2.34. The predicted octanol–water partition coefficient (Wildman–Crippen LogP) is 3.68. The fourth-order valence-electron chi connectivity index (χ4n) is 4.24. The molecule has 2 saturated heterocycles. The number of rotatable bonds is 3. The molecule has 4 rings (SSSR count). The summed E-state index contributed by atoms with van der Waals surface area (Å²) in [6, 6.07) is 2.98. The molecular formula is C21H23F2N3O2S. The molecule has 0 spiro atoms. The number of halogens is 2. The fraction of sp³-hybridized carbons (Fsp3) is 0.476. The summed E-state index contributed by atoms with van der Waals surface area (Å²) in [5.74, 6) is -1.68. The summed E-state index contributed by atoms with van der Waals surface area (Å²) in [6.45, 7) is 2.26. The van der Waals surface area contributed by atoms with E-state index >= 15 is 0 Å². The first kappa shape index (κ1) is 19.9. The molecule has 0 bridgehead atoms. The van der Waals surface area contributed by atoms with Gasteiger partial charge in [0.05, 0.1) is 10.6 Å². The zero-order valence-corrected chi connectivity index (χ0v) is 16.8. The van der Waals surface area contributed by atoms with E-state index in [0.717, 1.165) is 36.5 Å². The van der Waals surface area contributed by atoms with E-state index in [4.69, 9.17) is 0 Å². The Bertz CT molecular complexity index is 882. The van der Waals surface area contributed by atoms with Crippen molar-refractivity contribution >= 4 is 23.2 Å². The minimum absolute atomic E-state index is 0.118. The molecule has 3 heterocycles. The lowest BCUT2D eigenvalue weighted by atomic mass is 9.92. The number of benzene rings is 1. The second-order valence-corrected chi connectivity index (χ2v) is 8.61. The van der Waals surface area contributed by atoms with Crippen molar-refractivity contribution < 1.29 is 18.4 Å². The number of aromatic nitrogens is 1. The number of piperidine rings is 2. The number of nitrogens with zero attached hydrogens (tertiary/aromatic N) is 3. The van der Waals surface area contributed by atoms with Crippen LogP contribution in [0.5, 0.6) is 0 Å². The van der Waals surface area contributed by atoms with Gasteiger partial charge in [-0.2, -0.15) is 0 Å². The Balaban J connectivity index is 1.34. The van der Waals surface area contributed by atoms with E-state index in [0.29, 0.717) is 38.4 Å². The monoisotopic (exact) mass is 419 g/mol. The molecule has 2 aliphatic heterocycles. The van der Waals surface area contributed by atoms with Crippen LogP contribution < -0.4 is 0 Å². The van der Waals surface area contributed by atoms with Crippen LogP contribution in [0.25, 0.3) is 0 Å². The van der Waals surface area contributed by atoms with Gasteiger partial charge in [0.2, 0.25) is 5.91 Å². The third-order valence-electron chi connectivity index (χ3n) is 5.83. The second-order valence-electron chi connectivity index (χ2n) is 7.68. The molecule has 2 aliphatic rings. The summed E-state index contributed by atoms with van der Waals surface area (Å²) < 4.78 is 27.0. The molecule has 2 aromatic rings. The Labute approximate surface area is 172 Å². The Morgan fingerprint density at radius 3 is 2.55 bits per heavy atom. The molecule has 2 fully saturated rings. The van der Waals surface area contributed by atoms with E-state index in [9.17, 15) is 18.4 Å². The molecule has 0 saturated carbocycles. The van der Waals surface area contributed by atoms with Crippen molar-refractivity contribution in [2.45, 2.75) is 31.6 Å². The molecule has 0 N–H and O–H groups in total. The summed E-state index contributed by atoms with van der Waals surface area (Å²) in [6.07, 6.45) is 4.94. The van der Waals surface area contributed by atoms with Gasteiger partial charge in [-0.05, 0) is 37.8 Å². The van der Waals surface area contributed by atoms with Crippen LogP contribution in [-0.4, -0.2) is 52.8 Å². The van der Waals surface area contributed by atoms with Crippen LogP contribution in [0.15, 0.2) is 29.8 Å². The number of hydrogen-bond acceptors (Lipinski definition) is 4. The second kappa shape index (κ2) is 8.57. The average Bonchev–Trinajstić information content (AvgIpc) is 3.28. The largest absolute Gasteiger partial charge is 0.342 e. The van der Waals surface area contributed by atoms with E-state index in [-0.39, 0.29) is 17.4 Å². The van der Waals surface area contributed by atoms with Gasteiger partial charge in [-0.25, -0.2) is 13.8 Å². The molecule has 2 amide bonds. The van der Waals surface area contributed by atoms with E-state index in [2.05, 4.69) is 4.98 Å². The van der Waals surface area contributed by atoms with Gasteiger partial charge in [0.15, 0.2) is 0 Å². The van der Waals surface area contributed by atoms with Crippen molar-refractivity contribution in [1.29, 1.82) is 0 Å². The van der Waals surface area contributed by atoms with Crippen molar-refractivity contribution in [2.24, 2.45) is 5.92 Å². The normalized spacial score (nSPS) is 20.7. The van der Waals surface area contributed by atoms with E-state index in [1.165, 1.54) is 6.07 Å². The maximum Gasteiger partial charge on any atom is 0.256 e. The molecule has 1 unspecified atom stereocenters. The minimum Gasteiger partial charge on any atom is -0.342 e. The first-order chi connectivity index (χ1) is 14.0. The molecule has 29 heavy (non-hydrogen) atoms. The lowest BCUT2D eigenvalue weighted by molar-refractivity contribution is -0.138. The topological polar surface area (TPSA) is 53.5 Å². The number of carbonyl (C=O) groups excluding carboxylic acids is 2. The van der Waals surface area contributed by atoms with Crippen LogP contribution >= 0.6 is 11.3 Å². The van der Waals surface area contributed by atoms with Gasteiger partial charge in [-0.1, -0.05) is 0 Å². The Morgan fingerprint density at radius 1 is 1.07 bits per heavy atom. The van der Waals surface area contributed by atoms with Crippen LogP contribution in [0.4, 0.5) is 8.78 Å². The summed E-state index contributed by atoms with van der Waals surface area (Å²) >= 11 is 1.63. The smallest absolute Gasteiger partial charge is 0.256 e. The highest BCUT2D eigenvalue weighted by Crippen LogP contribution is 2.30. The zero-order chi connectivity index (χ0) is 20.4. The first-order valence-electron chi connectivity index (χ1n) is 9.95. The summed E-state index contributed by atoms with van der Waals surface area (Å²) in [5.41, 5.74) is -0.126. The molecule has 0 aliphatic carbocycles. The van der Waals surface area contributed by atoms with Crippen LogP contribution in [0.3, 0.4) is 0 Å². The number of amides is 2. The van der Waals surface area contributed by atoms with Crippen LogP contribution in [-0.2, 0) is 4.79 Å². The Kier molecular flexibility index (Phi) is 5.89. The van der Waals surface area contributed by atoms with Gasteiger partial charge < -0.3 is 9.80 Å². The van der Waals surface area contributed by atoms with E-state index in [1.807, 2.05) is 10.3 Å². The van der Waals surface area contributed by atoms with Crippen molar-refractivity contribution in [3.8, 4) is 0 Å². The number of thiazole rings is 1. The first-order valence-corrected chi connectivity index (χ1v) is 10.8. The maximum atomic E-state index is 13.9. The number of hydrogen-bond donors (Lipinski definition) is 0. The van der Waals surface area contributed by atoms with Crippen molar-refractivity contribution in [2.75, 3.05) is 26.2 Å². The highest BCUT2D eigenvalue weighted by atomic mass is 32.1. The van der Waals surface area contributed by atoms with Gasteiger partial charge in [0.25, 0.3) is 5.91 Å². The molecule has 0 radical (unpaired) electrons. The van der Waals surface area contributed by atoms with Gasteiger partial charge >= 0.3 is 0 Å². The molecular weight excluding hydrogens is 396 g/mol. The maximum absolute atomic E-state index is 13.9. The standard InChI is InChI=1S/C21H23F2N3O2S/c22-16-3-4-17(18(23)12-16)21(28)25-9-5-14(6-10-25)20(27)26-8-1-2-15(13-26)19-24-7-11-29-19/h3-4,7,11-12,14-15H,1-2,5-6,8-10,13H2. The van der Waals surface area contributed by atoms with Crippen LogP contribution in [0, 0.1) is 17.6 Å². The minimum atomic E-state index is -0.852. The third kappa shape index (κ3) is 4.32. The van der Waals surface area contributed by atoms with Gasteiger partial charge in [-0.3, -0.25) is 9.59 Å². The number of likely N-dealkylation sites (tertiary alicyclic amines) is 2. The van der Waals surface area contributed by atoms with E-state index in [1.54, 1.807) is 22.4 Å². The quantitative estimate of drug-likeness (QED) is 0.763. The summed E-state index contributed by atoms with van der Waals surface area (Å²) in [7, 11) is 0. The molecule has 5 nitrogen and oxygen atoms in total. The summed E-state index contributed by atoms with van der Waals surface area (Å²) in [4.78, 5) is 33.4. The van der Waals surface area contributed by atoms with Gasteiger partial charge in [0, 0.05) is 55.7 Å². The van der Waals surface area contributed by atoms with Gasteiger partial charge in [-0.15, -0.1) is 11.3 Å². The zero-order valence-electron chi connectivity index (χ0n) is 16.0. The Hall–Kier alpha value is -2.35. The molecule has 1 aromatic heterocycles. The lowest BCUT2D eigenvalue weighted by Gasteiger charge is -2.37. The van der Waals surface area contributed by atoms with Crippen LogP contribution in [0.1, 0.15) is 47.0 Å². The fourth-order valence-corrected chi connectivity index (χ4v) is 5.00. The lowest BCUT2D eigenvalue weighted by Crippen LogP contribution is -2.47. The van der Waals surface area contributed by atoms with Crippen molar-refractivity contribution in [3.63, 3.8) is 0 Å². The number of carbonyl (C=O) groups is 2. The molecule has 154 valence electrons. The summed E-state index contributed by atoms with van der Waals surface area (Å²) in [5, 5.41) is 3.05. The molecule has 1 atom stereocenters. The SMILES string of the molecule is O=C(c1ccc(F)cc1F)N1CCC(C(=O)N2CCCC(c3nccs3)C2)CC1. The van der Waals surface area contributed by atoms with Gasteiger partial charge in [0.1, 0.15) is 11.6 Å². The molecule has 8 heteroatoms. The predicted molar refractivity (Wildman–Crippen MR) is 106 cm³/mol. The molecule has 1 aromatic carbocycles. The van der Waals surface area contributed by atoms with Crippen molar-refractivity contribution in [1.82, 2.24) is 14.8 Å².